The van der Waals surface area contributed by atoms with Gasteiger partial charge in [-0.05, 0) is 24.3 Å². The van der Waals surface area contributed by atoms with Gasteiger partial charge in [-0.1, -0.05) is 23.2 Å². The highest BCUT2D eigenvalue weighted by Gasteiger charge is 2.15. The van der Waals surface area contributed by atoms with Crippen molar-refractivity contribution in [1.82, 2.24) is 4.98 Å². The number of amides is 1. The predicted octanol–water partition coefficient (Wildman–Crippen LogP) is 3.48. The molecule has 0 saturated heterocycles. The fraction of sp³-hybridized carbons (Fsp3) is 0. The molecule has 5 nitrogen and oxygen atoms in total. The van der Waals surface area contributed by atoms with Crippen molar-refractivity contribution in [3.8, 4) is 0 Å². The largest absolute Gasteiger partial charge is 0.478 e. The summed E-state index contributed by atoms with van der Waals surface area (Å²) in [4.78, 5) is 26.7. The Balaban J connectivity index is 2.33. The van der Waals surface area contributed by atoms with E-state index in [-0.39, 0.29) is 27.0 Å². The van der Waals surface area contributed by atoms with Crippen molar-refractivity contribution in [3.63, 3.8) is 0 Å². The summed E-state index contributed by atoms with van der Waals surface area (Å²) in [5.41, 5.74) is -0.346. The first-order valence-corrected chi connectivity index (χ1v) is 6.29. The van der Waals surface area contributed by atoms with Crippen molar-refractivity contribution in [1.29, 1.82) is 0 Å². The zero-order chi connectivity index (χ0) is 15.6. The highest BCUT2D eigenvalue weighted by molar-refractivity contribution is 6.41. The minimum absolute atomic E-state index is 0.0326. The van der Waals surface area contributed by atoms with Gasteiger partial charge in [0.15, 0.2) is 0 Å². The predicted molar refractivity (Wildman–Crippen MR) is 75.6 cm³/mol. The number of hydrogen-bond donors (Lipinski definition) is 2. The summed E-state index contributed by atoms with van der Waals surface area (Å²) in [5.74, 6) is -2.66. The number of carbonyl (C=O) groups is 2. The molecule has 0 bridgehead atoms. The Bertz CT molecular complexity index is 737. The number of nitrogens with one attached hydrogen (secondary N) is 1. The van der Waals surface area contributed by atoms with Gasteiger partial charge in [0, 0.05) is 6.20 Å². The molecule has 0 fully saturated rings. The van der Waals surface area contributed by atoms with Crippen LogP contribution in [0.2, 0.25) is 10.2 Å². The molecule has 1 aromatic carbocycles. The Hall–Kier alpha value is -2.18. The van der Waals surface area contributed by atoms with Crippen LogP contribution in [-0.2, 0) is 0 Å². The van der Waals surface area contributed by atoms with E-state index in [1.165, 1.54) is 12.3 Å². The molecule has 0 aliphatic heterocycles. The smallest absolute Gasteiger partial charge is 0.337 e. The van der Waals surface area contributed by atoms with E-state index in [4.69, 9.17) is 28.3 Å². The maximum absolute atomic E-state index is 13.2. The summed E-state index contributed by atoms with van der Waals surface area (Å²) in [6.45, 7) is 0. The fourth-order valence-corrected chi connectivity index (χ4v) is 1.82. The van der Waals surface area contributed by atoms with Crippen LogP contribution in [0.5, 0.6) is 0 Å². The quantitative estimate of drug-likeness (QED) is 0.845. The van der Waals surface area contributed by atoms with E-state index in [2.05, 4.69) is 10.3 Å². The van der Waals surface area contributed by atoms with E-state index in [0.29, 0.717) is 0 Å². The molecule has 8 heteroatoms. The number of benzene rings is 1. The highest BCUT2D eigenvalue weighted by Crippen LogP contribution is 2.22. The van der Waals surface area contributed by atoms with Crippen LogP contribution < -0.4 is 5.32 Å². The lowest BCUT2D eigenvalue weighted by Crippen LogP contribution is -2.15. The van der Waals surface area contributed by atoms with Crippen LogP contribution in [0.3, 0.4) is 0 Å². The normalized spacial score (nSPS) is 10.2. The Morgan fingerprint density at radius 1 is 1.24 bits per heavy atom. The monoisotopic (exact) mass is 328 g/mol. The van der Waals surface area contributed by atoms with E-state index in [0.717, 1.165) is 18.2 Å². The molecule has 1 aromatic heterocycles. The lowest BCUT2D eigenvalue weighted by atomic mass is 10.1. The minimum atomic E-state index is -1.29. The van der Waals surface area contributed by atoms with Crippen LogP contribution in [0.25, 0.3) is 0 Å². The lowest BCUT2D eigenvalue weighted by molar-refractivity contribution is 0.0698. The lowest BCUT2D eigenvalue weighted by Gasteiger charge is -2.09. The maximum Gasteiger partial charge on any atom is 0.337 e. The Kier molecular flexibility index (Phi) is 4.40. The van der Waals surface area contributed by atoms with E-state index in [9.17, 15) is 14.0 Å². The van der Waals surface area contributed by atoms with Crippen LogP contribution in [-0.4, -0.2) is 22.0 Å². The molecule has 0 saturated carbocycles. The molecule has 2 aromatic rings. The summed E-state index contributed by atoms with van der Waals surface area (Å²) >= 11 is 11.4. The topological polar surface area (TPSA) is 79.3 Å². The first-order chi connectivity index (χ1) is 9.88. The number of carboxylic acids is 1. The van der Waals surface area contributed by atoms with Crippen LogP contribution in [0.15, 0.2) is 30.5 Å². The van der Waals surface area contributed by atoms with Crippen LogP contribution >= 0.6 is 23.2 Å². The molecule has 108 valence electrons. The third-order valence-corrected chi connectivity index (χ3v) is 3.20. The second kappa shape index (κ2) is 6.07. The van der Waals surface area contributed by atoms with Crippen molar-refractivity contribution in [2.24, 2.45) is 0 Å². The number of anilines is 1. The highest BCUT2D eigenvalue weighted by atomic mass is 35.5. The van der Waals surface area contributed by atoms with Gasteiger partial charge in [-0.3, -0.25) is 4.79 Å². The van der Waals surface area contributed by atoms with E-state index in [1.807, 2.05) is 0 Å². The van der Waals surface area contributed by atoms with Gasteiger partial charge in [-0.25, -0.2) is 14.2 Å². The molecule has 1 heterocycles. The van der Waals surface area contributed by atoms with Crippen molar-refractivity contribution in [2.45, 2.75) is 0 Å². The molecule has 0 aliphatic rings. The summed E-state index contributed by atoms with van der Waals surface area (Å²) < 4.78 is 13.2. The van der Waals surface area contributed by atoms with Gasteiger partial charge in [0.1, 0.15) is 11.0 Å². The van der Waals surface area contributed by atoms with Gasteiger partial charge in [0.05, 0.1) is 21.8 Å². The number of pyridine rings is 1. The second-order valence-electron chi connectivity index (χ2n) is 3.95. The molecule has 0 aliphatic carbocycles. The summed E-state index contributed by atoms with van der Waals surface area (Å²) in [6, 6.07) is 4.22. The SMILES string of the molecule is O=C(Nc1cc(F)ccc1C(=O)O)c1cnc(Cl)c(Cl)c1. The molecule has 0 spiro atoms. The zero-order valence-electron chi connectivity index (χ0n) is 10.2. The molecule has 2 rings (SSSR count). The van der Waals surface area contributed by atoms with Gasteiger partial charge in [0.25, 0.3) is 5.91 Å². The maximum atomic E-state index is 13.2. The average Bonchev–Trinajstić information content (AvgIpc) is 2.41. The number of nitrogens with zero attached hydrogens (tertiary/aromatic N) is 1. The van der Waals surface area contributed by atoms with E-state index in [1.54, 1.807) is 0 Å². The third-order valence-electron chi connectivity index (χ3n) is 2.52. The molecule has 0 radical (unpaired) electrons. The summed E-state index contributed by atoms with van der Waals surface area (Å²) in [6.07, 6.45) is 1.17. The Morgan fingerprint density at radius 3 is 2.57 bits per heavy atom. The van der Waals surface area contributed by atoms with Gasteiger partial charge >= 0.3 is 5.97 Å². The van der Waals surface area contributed by atoms with E-state index < -0.39 is 17.7 Å². The second-order valence-corrected chi connectivity index (χ2v) is 4.71. The molecular formula is C13H7Cl2FN2O3. The van der Waals surface area contributed by atoms with Gasteiger partial charge < -0.3 is 10.4 Å². The minimum Gasteiger partial charge on any atom is -0.478 e. The van der Waals surface area contributed by atoms with Gasteiger partial charge in [-0.15, -0.1) is 0 Å². The molecule has 21 heavy (non-hydrogen) atoms. The fourth-order valence-electron chi connectivity index (χ4n) is 1.55. The number of carboxylic acid groups (broad SMARTS) is 1. The standard InChI is InChI=1S/C13H7Cl2FN2O3/c14-9-3-6(5-17-11(9)15)12(19)18-10-4-7(16)1-2-8(10)13(20)21/h1-5H,(H,18,19)(H,20,21). The van der Waals surface area contributed by atoms with Crippen molar-refractivity contribution < 1.29 is 19.1 Å². The van der Waals surface area contributed by atoms with Crippen molar-refractivity contribution >= 4 is 40.8 Å². The third kappa shape index (κ3) is 3.48. The van der Waals surface area contributed by atoms with Crippen LogP contribution in [0, 0.1) is 5.82 Å². The number of aromatic nitrogens is 1. The number of halogens is 3. The number of rotatable bonds is 3. The molecule has 2 N–H and O–H groups in total. The molecule has 0 unspecified atom stereocenters. The Labute approximate surface area is 128 Å². The first-order valence-electron chi connectivity index (χ1n) is 5.53. The van der Waals surface area contributed by atoms with Crippen molar-refractivity contribution in [3.05, 3.63) is 57.6 Å². The van der Waals surface area contributed by atoms with Gasteiger partial charge in [-0.2, -0.15) is 0 Å². The molecule has 1 amide bonds. The van der Waals surface area contributed by atoms with Crippen molar-refractivity contribution in [2.75, 3.05) is 5.32 Å². The molecular weight excluding hydrogens is 322 g/mol. The average molecular weight is 329 g/mol. The zero-order valence-corrected chi connectivity index (χ0v) is 11.7. The number of hydrogen-bond acceptors (Lipinski definition) is 3. The Morgan fingerprint density at radius 2 is 1.95 bits per heavy atom. The first kappa shape index (κ1) is 15.2. The van der Waals surface area contributed by atoms with E-state index >= 15 is 0 Å². The number of aromatic carboxylic acids is 1. The van der Waals surface area contributed by atoms with Crippen LogP contribution in [0.4, 0.5) is 10.1 Å². The number of carbonyl (C=O) groups excluding carboxylic acids is 1. The van der Waals surface area contributed by atoms with Crippen LogP contribution in [0.1, 0.15) is 20.7 Å². The summed E-state index contributed by atoms with van der Waals surface area (Å²) in [7, 11) is 0. The van der Waals surface area contributed by atoms with Gasteiger partial charge in [0.2, 0.25) is 0 Å². The molecule has 0 atom stereocenters. The summed E-state index contributed by atoms with van der Waals surface area (Å²) in [5, 5.41) is 11.4.